The average Bonchev–Trinajstić information content (AvgIpc) is 2.67. The SMILES string of the molecule is COc1cnc(CCCOc2cccc(CN3CCCCC3)c2)nc1. The summed E-state index contributed by atoms with van der Waals surface area (Å²) in [5.74, 6) is 2.46. The summed E-state index contributed by atoms with van der Waals surface area (Å²) < 4.78 is 11.0. The Morgan fingerprint density at radius 3 is 2.60 bits per heavy atom. The van der Waals surface area contributed by atoms with Crippen LogP contribution >= 0.6 is 0 Å². The summed E-state index contributed by atoms with van der Waals surface area (Å²) in [6.07, 6.45) is 9.12. The Kier molecular flexibility index (Phi) is 6.63. The summed E-state index contributed by atoms with van der Waals surface area (Å²) in [4.78, 5) is 11.1. The molecule has 1 saturated heterocycles. The molecule has 0 bridgehead atoms. The minimum absolute atomic E-state index is 0.669. The zero-order valence-electron chi connectivity index (χ0n) is 15.0. The van der Waals surface area contributed by atoms with Crippen LogP contribution in [-0.2, 0) is 13.0 Å². The molecule has 0 amide bonds. The highest BCUT2D eigenvalue weighted by atomic mass is 16.5. The number of hydrogen-bond acceptors (Lipinski definition) is 5. The van der Waals surface area contributed by atoms with Gasteiger partial charge in [-0.3, -0.25) is 4.90 Å². The number of methoxy groups -OCH3 is 1. The number of benzene rings is 1. The third kappa shape index (κ3) is 5.71. The molecule has 134 valence electrons. The van der Waals surface area contributed by atoms with E-state index in [-0.39, 0.29) is 0 Å². The first-order valence-corrected chi connectivity index (χ1v) is 9.12. The summed E-state index contributed by atoms with van der Waals surface area (Å²) in [6.45, 7) is 4.12. The number of aryl methyl sites for hydroxylation is 1. The predicted octanol–water partition coefficient (Wildman–Crippen LogP) is 3.48. The van der Waals surface area contributed by atoms with E-state index in [4.69, 9.17) is 9.47 Å². The molecule has 1 aliphatic heterocycles. The van der Waals surface area contributed by atoms with Crippen molar-refractivity contribution in [2.45, 2.75) is 38.6 Å². The zero-order chi connectivity index (χ0) is 17.3. The Morgan fingerprint density at radius 2 is 1.84 bits per heavy atom. The van der Waals surface area contributed by atoms with Gasteiger partial charge < -0.3 is 9.47 Å². The van der Waals surface area contributed by atoms with E-state index in [9.17, 15) is 0 Å². The lowest BCUT2D eigenvalue weighted by Crippen LogP contribution is -2.29. The maximum absolute atomic E-state index is 5.90. The first-order chi connectivity index (χ1) is 12.3. The highest BCUT2D eigenvalue weighted by Gasteiger charge is 2.10. The molecule has 1 fully saturated rings. The number of hydrogen-bond donors (Lipinski definition) is 0. The summed E-state index contributed by atoms with van der Waals surface area (Å²) >= 11 is 0. The molecule has 1 aromatic carbocycles. The molecular weight excluding hydrogens is 314 g/mol. The van der Waals surface area contributed by atoms with Crippen molar-refractivity contribution >= 4 is 0 Å². The van der Waals surface area contributed by atoms with Crippen molar-refractivity contribution in [3.63, 3.8) is 0 Å². The molecule has 1 aromatic heterocycles. The molecule has 0 unspecified atom stereocenters. The van der Waals surface area contributed by atoms with Crippen LogP contribution < -0.4 is 9.47 Å². The normalized spacial score (nSPS) is 15.1. The Labute approximate surface area is 150 Å². The van der Waals surface area contributed by atoms with Crippen LogP contribution in [0, 0.1) is 0 Å². The topological polar surface area (TPSA) is 47.5 Å². The molecule has 0 aliphatic carbocycles. The number of rotatable bonds is 8. The van der Waals surface area contributed by atoms with Crippen LogP contribution in [-0.4, -0.2) is 41.7 Å². The Bertz CT molecular complexity index is 640. The second kappa shape index (κ2) is 9.37. The minimum Gasteiger partial charge on any atom is -0.494 e. The number of ether oxygens (including phenoxy) is 2. The van der Waals surface area contributed by atoms with Gasteiger partial charge in [0.1, 0.15) is 11.6 Å². The second-order valence-electron chi connectivity index (χ2n) is 6.48. The van der Waals surface area contributed by atoms with E-state index >= 15 is 0 Å². The molecule has 1 aliphatic rings. The van der Waals surface area contributed by atoms with E-state index in [1.54, 1.807) is 19.5 Å². The van der Waals surface area contributed by atoms with E-state index < -0.39 is 0 Å². The van der Waals surface area contributed by atoms with Gasteiger partial charge in [-0.2, -0.15) is 0 Å². The Morgan fingerprint density at radius 1 is 1.04 bits per heavy atom. The van der Waals surface area contributed by atoms with Gasteiger partial charge in [0.25, 0.3) is 0 Å². The molecule has 0 saturated carbocycles. The van der Waals surface area contributed by atoms with E-state index in [0.29, 0.717) is 12.4 Å². The van der Waals surface area contributed by atoms with Crippen LogP contribution in [0.2, 0.25) is 0 Å². The van der Waals surface area contributed by atoms with Crippen LogP contribution in [0.4, 0.5) is 0 Å². The molecule has 2 heterocycles. The molecule has 0 spiro atoms. The molecule has 2 aromatic rings. The third-order valence-corrected chi connectivity index (χ3v) is 4.48. The van der Waals surface area contributed by atoms with Gasteiger partial charge in [-0.25, -0.2) is 9.97 Å². The summed E-state index contributed by atoms with van der Waals surface area (Å²) in [5, 5.41) is 0. The minimum atomic E-state index is 0.669. The zero-order valence-corrected chi connectivity index (χ0v) is 15.0. The van der Waals surface area contributed by atoms with Crippen LogP contribution in [0.25, 0.3) is 0 Å². The number of piperidine rings is 1. The average molecular weight is 341 g/mol. The van der Waals surface area contributed by atoms with Gasteiger partial charge in [-0.05, 0) is 50.0 Å². The number of aromatic nitrogens is 2. The van der Waals surface area contributed by atoms with Gasteiger partial charge in [-0.1, -0.05) is 18.6 Å². The van der Waals surface area contributed by atoms with E-state index in [1.807, 2.05) is 6.07 Å². The predicted molar refractivity (Wildman–Crippen MR) is 98.0 cm³/mol. The van der Waals surface area contributed by atoms with Gasteiger partial charge in [0, 0.05) is 13.0 Å². The largest absolute Gasteiger partial charge is 0.494 e. The van der Waals surface area contributed by atoms with Crippen molar-refractivity contribution in [3.05, 3.63) is 48.0 Å². The fourth-order valence-electron chi connectivity index (χ4n) is 3.11. The quantitative estimate of drug-likeness (QED) is 0.688. The fourth-order valence-corrected chi connectivity index (χ4v) is 3.11. The van der Waals surface area contributed by atoms with E-state index in [0.717, 1.165) is 31.0 Å². The van der Waals surface area contributed by atoms with E-state index in [1.165, 1.54) is 37.9 Å². The molecule has 5 nitrogen and oxygen atoms in total. The highest BCUT2D eigenvalue weighted by Crippen LogP contribution is 2.18. The Hall–Kier alpha value is -2.14. The molecular formula is C20H27N3O2. The van der Waals surface area contributed by atoms with Gasteiger partial charge in [0.05, 0.1) is 26.1 Å². The lowest BCUT2D eigenvalue weighted by Gasteiger charge is -2.26. The smallest absolute Gasteiger partial charge is 0.155 e. The molecule has 0 radical (unpaired) electrons. The maximum atomic E-state index is 5.90. The maximum Gasteiger partial charge on any atom is 0.155 e. The van der Waals surface area contributed by atoms with Gasteiger partial charge in [0.2, 0.25) is 0 Å². The van der Waals surface area contributed by atoms with Crippen molar-refractivity contribution in [1.82, 2.24) is 14.9 Å². The number of nitrogens with zero attached hydrogens (tertiary/aromatic N) is 3. The van der Waals surface area contributed by atoms with Gasteiger partial charge >= 0.3 is 0 Å². The van der Waals surface area contributed by atoms with Gasteiger partial charge in [-0.15, -0.1) is 0 Å². The van der Waals surface area contributed by atoms with Crippen LogP contribution in [0.3, 0.4) is 0 Å². The molecule has 3 rings (SSSR count). The first-order valence-electron chi connectivity index (χ1n) is 9.12. The number of likely N-dealkylation sites (tertiary alicyclic amines) is 1. The molecule has 0 N–H and O–H groups in total. The van der Waals surface area contributed by atoms with Crippen LogP contribution in [0.5, 0.6) is 11.5 Å². The van der Waals surface area contributed by atoms with Crippen LogP contribution in [0.1, 0.15) is 37.1 Å². The summed E-state index contributed by atoms with van der Waals surface area (Å²) in [7, 11) is 1.62. The monoisotopic (exact) mass is 341 g/mol. The van der Waals surface area contributed by atoms with Crippen molar-refractivity contribution in [3.8, 4) is 11.5 Å². The summed E-state index contributed by atoms with van der Waals surface area (Å²) in [6, 6.07) is 8.47. The van der Waals surface area contributed by atoms with Crippen molar-refractivity contribution in [1.29, 1.82) is 0 Å². The van der Waals surface area contributed by atoms with Crippen LogP contribution in [0.15, 0.2) is 36.7 Å². The van der Waals surface area contributed by atoms with Crippen molar-refractivity contribution in [2.75, 3.05) is 26.8 Å². The molecule has 5 heteroatoms. The lowest BCUT2D eigenvalue weighted by molar-refractivity contribution is 0.220. The standard InChI is InChI=1S/C20H27N3O2/c1-24-19-14-21-20(22-15-19)9-6-12-25-18-8-5-7-17(13-18)16-23-10-3-2-4-11-23/h5,7-8,13-15H,2-4,6,9-12,16H2,1H3. The van der Waals surface area contributed by atoms with E-state index in [2.05, 4.69) is 33.1 Å². The first kappa shape index (κ1) is 17.7. The van der Waals surface area contributed by atoms with Crippen molar-refractivity contribution in [2.24, 2.45) is 0 Å². The fraction of sp³-hybridized carbons (Fsp3) is 0.500. The second-order valence-corrected chi connectivity index (χ2v) is 6.48. The third-order valence-electron chi connectivity index (χ3n) is 4.48. The van der Waals surface area contributed by atoms with Gasteiger partial charge in [0.15, 0.2) is 5.75 Å². The lowest BCUT2D eigenvalue weighted by atomic mass is 10.1. The summed E-state index contributed by atoms with van der Waals surface area (Å²) in [5.41, 5.74) is 1.33. The Balaban J connectivity index is 1.42. The van der Waals surface area contributed by atoms with Crippen molar-refractivity contribution < 1.29 is 9.47 Å². The molecule has 25 heavy (non-hydrogen) atoms. The highest BCUT2D eigenvalue weighted by molar-refractivity contribution is 5.28. The molecule has 0 atom stereocenters.